The average Bonchev–Trinajstić information content (AvgIpc) is 3.12. The fourth-order valence-corrected chi connectivity index (χ4v) is 3.13. The van der Waals surface area contributed by atoms with Crippen molar-refractivity contribution in [2.45, 2.75) is 25.4 Å². The molecule has 0 spiro atoms. The van der Waals surface area contributed by atoms with E-state index in [0.717, 1.165) is 4.90 Å². The highest BCUT2D eigenvalue weighted by Gasteiger charge is 2.51. The van der Waals surface area contributed by atoms with Crippen LogP contribution in [0.5, 0.6) is 5.75 Å². The number of rotatable bonds is 6. The van der Waals surface area contributed by atoms with E-state index in [-0.39, 0.29) is 30.1 Å². The monoisotopic (exact) mass is 425 g/mol. The second-order valence-corrected chi connectivity index (χ2v) is 6.66. The van der Waals surface area contributed by atoms with Gasteiger partial charge < -0.3 is 19.6 Å². The zero-order valence-corrected chi connectivity index (χ0v) is 15.7. The molecule has 1 aliphatic heterocycles. The first kappa shape index (κ1) is 21.4. The predicted octanol–water partition coefficient (Wildman–Crippen LogP) is 3.88. The van der Waals surface area contributed by atoms with Gasteiger partial charge in [-0.05, 0) is 48.9 Å². The summed E-state index contributed by atoms with van der Waals surface area (Å²) in [4.78, 5) is 11.4. The summed E-state index contributed by atoms with van der Waals surface area (Å²) in [5, 5.41) is 22.4. The van der Waals surface area contributed by atoms with E-state index in [9.17, 15) is 23.3 Å². The SMILES string of the molecule is Cc1cc(N2C[C@@H](COc3ccc(/C=N/O)cc3)O[C@@H]2C(F)(F)F)ccc1[N+](=O)[O-]. The number of benzene rings is 2. The maximum atomic E-state index is 13.5. The van der Waals surface area contributed by atoms with Crippen LogP contribution in [-0.4, -0.2) is 48.0 Å². The van der Waals surface area contributed by atoms with Crippen molar-refractivity contribution in [3.05, 3.63) is 63.7 Å². The normalized spacial score (nSPS) is 19.4. The molecule has 2 atom stereocenters. The molecule has 0 aliphatic carbocycles. The molecule has 0 radical (unpaired) electrons. The van der Waals surface area contributed by atoms with Crippen molar-refractivity contribution in [1.29, 1.82) is 0 Å². The highest BCUT2D eigenvalue weighted by molar-refractivity contribution is 5.79. The molecule has 11 heteroatoms. The summed E-state index contributed by atoms with van der Waals surface area (Å²) >= 11 is 0. The molecule has 30 heavy (non-hydrogen) atoms. The molecule has 0 unspecified atom stereocenters. The van der Waals surface area contributed by atoms with Crippen LogP contribution < -0.4 is 9.64 Å². The Hall–Kier alpha value is -3.34. The Bertz CT molecular complexity index is 934. The van der Waals surface area contributed by atoms with Crippen molar-refractivity contribution < 1.29 is 32.8 Å². The van der Waals surface area contributed by atoms with Gasteiger partial charge >= 0.3 is 6.18 Å². The van der Waals surface area contributed by atoms with Crippen LogP contribution in [0.3, 0.4) is 0 Å². The molecule has 0 amide bonds. The van der Waals surface area contributed by atoms with Gasteiger partial charge in [0.25, 0.3) is 5.69 Å². The van der Waals surface area contributed by atoms with Crippen molar-refractivity contribution in [3.63, 3.8) is 0 Å². The first-order valence-electron chi connectivity index (χ1n) is 8.83. The molecule has 2 aromatic rings. The van der Waals surface area contributed by atoms with Gasteiger partial charge in [-0.1, -0.05) is 5.16 Å². The summed E-state index contributed by atoms with van der Waals surface area (Å²) in [5.74, 6) is 0.418. The van der Waals surface area contributed by atoms with Gasteiger partial charge in [-0.3, -0.25) is 10.1 Å². The van der Waals surface area contributed by atoms with Crippen LogP contribution in [0.4, 0.5) is 24.5 Å². The van der Waals surface area contributed by atoms with E-state index in [4.69, 9.17) is 14.7 Å². The molecule has 2 aromatic carbocycles. The van der Waals surface area contributed by atoms with E-state index in [1.165, 1.54) is 31.3 Å². The summed E-state index contributed by atoms with van der Waals surface area (Å²) in [6, 6.07) is 10.2. The predicted molar refractivity (Wildman–Crippen MR) is 101 cm³/mol. The number of nitro groups is 1. The second kappa shape index (κ2) is 8.57. The Morgan fingerprint density at radius 1 is 1.33 bits per heavy atom. The summed E-state index contributed by atoms with van der Waals surface area (Å²) in [6.45, 7) is 1.24. The molecular formula is C19H18F3N3O5. The average molecular weight is 425 g/mol. The number of nitro benzene ring substituents is 1. The molecule has 3 rings (SSSR count). The highest BCUT2D eigenvalue weighted by Crippen LogP contribution is 2.36. The number of halogens is 3. The Labute approximate surface area is 169 Å². The molecule has 1 saturated heterocycles. The van der Waals surface area contributed by atoms with Gasteiger partial charge in [0, 0.05) is 17.3 Å². The number of hydrogen-bond acceptors (Lipinski definition) is 7. The lowest BCUT2D eigenvalue weighted by atomic mass is 10.1. The maximum Gasteiger partial charge on any atom is 0.433 e. The topological polar surface area (TPSA) is 97.4 Å². The number of nitrogens with zero attached hydrogens (tertiary/aromatic N) is 3. The van der Waals surface area contributed by atoms with Gasteiger partial charge in [0.15, 0.2) is 0 Å². The number of alkyl halides is 3. The van der Waals surface area contributed by atoms with E-state index in [1.807, 2.05) is 0 Å². The summed E-state index contributed by atoms with van der Waals surface area (Å²) in [6.07, 6.45) is -6.49. The Balaban J connectivity index is 1.73. The van der Waals surface area contributed by atoms with Crippen molar-refractivity contribution in [2.24, 2.45) is 5.16 Å². The molecule has 1 fully saturated rings. The molecule has 0 bridgehead atoms. The molecule has 1 N–H and O–H groups in total. The maximum absolute atomic E-state index is 13.5. The Morgan fingerprint density at radius 3 is 2.60 bits per heavy atom. The fraction of sp³-hybridized carbons (Fsp3) is 0.316. The number of oxime groups is 1. The number of aryl methyl sites for hydroxylation is 1. The van der Waals surface area contributed by atoms with E-state index >= 15 is 0 Å². The fourth-order valence-electron chi connectivity index (χ4n) is 3.13. The van der Waals surface area contributed by atoms with Gasteiger partial charge in [-0.2, -0.15) is 13.2 Å². The first-order valence-corrected chi connectivity index (χ1v) is 8.83. The molecule has 1 aliphatic rings. The van der Waals surface area contributed by atoms with Crippen molar-refractivity contribution in [3.8, 4) is 5.75 Å². The Kier molecular flexibility index (Phi) is 6.11. The van der Waals surface area contributed by atoms with E-state index < -0.39 is 23.4 Å². The number of hydrogen-bond donors (Lipinski definition) is 1. The van der Waals surface area contributed by atoms with Crippen molar-refractivity contribution in [1.82, 2.24) is 0 Å². The van der Waals surface area contributed by atoms with E-state index in [2.05, 4.69) is 5.16 Å². The van der Waals surface area contributed by atoms with Crippen molar-refractivity contribution in [2.75, 3.05) is 18.1 Å². The molecule has 0 aromatic heterocycles. The number of ether oxygens (including phenoxy) is 2. The third-order valence-electron chi connectivity index (χ3n) is 4.52. The molecular weight excluding hydrogens is 407 g/mol. The quantitative estimate of drug-likeness (QED) is 0.327. The summed E-state index contributed by atoms with van der Waals surface area (Å²) in [7, 11) is 0. The largest absolute Gasteiger partial charge is 0.491 e. The second-order valence-electron chi connectivity index (χ2n) is 6.66. The minimum atomic E-state index is -4.66. The molecule has 0 saturated carbocycles. The lowest BCUT2D eigenvalue weighted by Crippen LogP contribution is -2.42. The van der Waals surface area contributed by atoms with Crippen LogP contribution in [0.25, 0.3) is 0 Å². The van der Waals surface area contributed by atoms with Crippen LogP contribution in [0, 0.1) is 17.0 Å². The summed E-state index contributed by atoms with van der Waals surface area (Å²) in [5.41, 5.74) is 0.885. The molecule has 160 valence electrons. The standard InChI is InChI=1S/C19H18F3N3O5/c1-12-8-14(4-7-17(12)25(27)28)24-10-16(30-18(24)19(20,21)22)11-29-15-5-2-13(3-6-15)9-23-26/h2-9,16,18,26H,10-11H2,1H3/b23-9+/t16-,18+/m0/s1. The highest BCUT2D eigenvalue weighted by atomic mass is 19.4. The third kappa shape index (κ3) is 4.79. The first-order chi connectivity index (χ1) is 14.2. The van der Waals surface area contributed by atoms with Gasteiger partial charge in [0.1, 0.15) is 18.5 Å². The van der Waals surface area contributed by atoms with Gasteiger partial charge in [-0.15, -0.1) is 0 Å². The van der Waals surface area contributed by atoms with E-state index in [0.29, 0.717) is 11.3 Å². The minimum absolute atomic E-state index is 0.101. The van der Waals surface area contributed by atoms with E-state index in [1.54, 1.807) is 24.3 Å². The summed E-state index contributed by atoms with van der Waals surface area (Å²) < 4.78 is 51.2. The van der Waals surface area contributed by atoms with Crippen LogP contribution in [-0.2, 0) is 4.74 Å². The zero-order valence-electron chi connectivity index (χ0n) is 15.7. The molecule has 1 heterocycles. The lowest BCUT2D eigenvalue weighted by molar-refractivity contribution is -0.385. The lowest BCUT2D eigenvalue weighted by Gasteiger charge is -2.26. The Morgan fingerprint density at radius 2 is 2.03 bits per heavy atom. The number of anilines is 1. The van der Waals surface area contributed by atoms with Crippen LogP contribution >= 0.6 is 0 Å². The molecule has 8 nitrogen and oxygen atoms in total. The smallest absolute Gasteiger partial charge is 0.433 e. The van der Waals surface area contributed by atoms with Gasteiger partial charge in [-0.25, -0.2) is 0 Å². The minimum Gasteiger partial charge on any atom is -0.491 e. The third-order valence-corrected chi connectivity index (χ3v) is 4.52. The zero-order chi connectivity index (χ0) is 21.9. The van der Waals surface area contributed by atoms with Gasteiger partial charge in [0.05, 0.1) is 17.7 Å². The van der Waals surface area contributed by atoms with Crippen LogP contribution in [0.1, 0.15) is 11.1 Å². The van der Waals surface area contributed by atoms with Crippen molar-refractivity contribution >= 4 is 17.6 Å². The van der Waals surface area contributed by atoms with Crippen LogP contribution in [0.15, 0.2) is 47.6 Å². The van der Waals surface area contributed by atoms with Crippen LogP contribution in [0.2, 0.25) is 0 Å². The van der Waals surface area contributed by atoms with Gasteiger partial charge in [0.2, 0.25) is 6.23 Å².